The minimum Gasteiger partial charge on any atom is -0.361 e. The molecular weight excluding hydrogens is 176 g/mol. The van der Waals surface area contributed by atoms with Gasteiger partial charge >= 0.3 is 0 Å². The molecule has 1 aromatic carbocycles. The van der Waals surface area contributed by atoms with Crippen LogP contribution >= 0.6 is 0 Å². The number of ketones is 1. The minimum atomic E-state index is -0.536. The number of hydrogen-bond donors (Lipinski definition) is 0. The molecule has 0 N–H and O–H groups in total. The topological polar surface area (TPSA) is 29.6 Å². The summed E-state index contributed by atoms with van der Waals surface area (Å²) in [5.41, 5.74) is 0.496. The van der Waals surface area contributed by atoms with Gasteiger partial charge in [-0.3, -0.25) is 4.79 Å². The van der Waals surface area contributed by atoms with Crippen LogP contribution in [0.25, 0.3) is 6.08 Å². The van der Waals surface area contributed by atoms with E-state index in [-0.39, 0.29) is 5.78 Å². The summed E-state index contributed by atoms with van der Waals surface area (Å²) < 4.78 is 5.05. The lowest BCUT2D eigenvalue weighted by Gasteiger charge is -1.97. The van der Waals surface area contributed by atoms with Crippen molar-refractivity contribution >= 4 is 11.9 Å². The van der Waals surface area contributed by atoms with Crippen molar-refractivity contribution in [3.8, 4) is 0 Å². The molecule has 0 aromatic heterocycles. The van der Waals surface area contributed by atoms with E-state index < -0.39 is 5.60 Å². The summed E-state index contributed by atoms with van der Waals surface area (Å²) in [6.45, 7) is 2.36. The third kappa shape index (κ3) is 1.91. The standard InChI is InChI=1S/C12H12O2/c1-12(9-14-12)11(13)8-7-10-5-3-2-4-6-10/h2-8H,9H2,1H3/t12-/m1/s1. The molecule has 1 aliphatic heterocycles. The van der Waals surface area contributed by atoms with Crippen molar-refractivity contribution in [2.24, 2.45) is 0 Å². The Kier molecular flexibility index (Phi) is 2.22. The number of epoxide rings is 1. The Balaban J connectivity index is 2.04. The molecule has 0 bridgehead atoms. The highest BCUT2D eigenvalue weighted by Crippen LogP contribution is 2.27. The van der Waals surface area contributed by atoms with E-state index in [1.165, 1.54) is 0 Å². The van der Waals surface area contributed by atoms with Gasteiger partial charge in [-0.25, -0.2) is 0 Å². The Hall–Kier alpha value is -1.41. The number of carbonyl (C=O) groups excluding carboxylic acids is 1. The average molecular weight is 188 g/mol. The highest BCUT2D eigenvalue weighted by Gasteiger charge is 2.45. The molecular formula is C12H12O2. The molecule has 14 heavy (non-hydrogen) atoms. The largest absolute Gasteiger partial charge is 0.361 e. The lowest BCUT2D eigenvalue weighted by Crippen LogP contribution is -2.17. The first-order valence-corrected chi connectivity index (χ1v) is 4.62. The van der Waals surface area contributed by atoms with Gasteiger partial charge < -0.3 is 4.74 Å². The summed E-state index contributed by atoms with van der Waals surface area (Å²) in [5.74, 6) is 0.0429. The summed E-state index contributed by atoms with van der Waals surface area (Å²) in [6, 6.07) is 9.75. The molecule has 0 radical (unpaired) electrons. The van der Waals surface area contributed by atoms with Crippen LogP contribution < -0.4 is 0 Å². The molecule has 1 atom stereocenters. The van der Waals surface area contributed by atoms with Crippen LogP contribution in [0, 0.1) is 0 Å². The molecule has 72 valence electrons. The Morgan fingerprint density at radius 2 is 2.07 bits per heavy atom. The lowest BCUT2D eigenvalue weighted by atomic mass is 10.1. The maximum absolute atomic E-state index is 11.5. The summed E-state index contributed by atoms with van der Waals surface area (Å²) in [6.07, 6.45) is 3.40. The van der Waals surface area contributed by atoms with Crippen LogP contribution in [0.1, 0.15) is 12.5 Å². The van der Waals surface area contributed by atoms with E-state index in [4.69, 9.17) is 4.74 Å². The van der Waals surface area contributed by atoms with Gasteiger partial charge in [-0.05, 0) is 18.6 Å². The first-order valence-electron chi connectivity index (χ1n) is 4.62. The van der Waals surface area contributed by atoms with Gasteiger partial charge in [0.15, 0.2) is 11.4 Å². The van der Waals surface area contributed by atoms with Gasteiger partial charge in [-0.1, -0.05) is 36.4 Å². The third-order valence-electron chi connectivity index (χ3n) is 2.33. The van der Waals surface area contributed by atoms with Crippen LogP contribution in [0.5, 0.6) is 0 Å². The average Bonchev–Trinajstić information content (AvgIpc) is 2.96. The van der Waals surface area contributed by atoms with E-state index in [1.54, 1.807) is 6.08 Å². The summed E-state index contributed by atoms with van der Waals surface area (Å²) in [5, 5.41) is 0. The first-order chi connectivity index (χ1) is 6.71. The lowest BCUT2D eigenvalue weighted by molar-refractivity contribution is -0.118. The van der Waals surface area contributed by atoms with Crippen molar-refractivity contribution in [2.75, 3.05) is 6.61 Å². The maximum atomic E-state index is 11.5. The van der Waals surface area contributed by atoms with E-state index >= 15 is 0 Å². The van der Waals surface area contributed by atoms with Gasteiger partial charge in [0.1, 0.15) is 0 Å². The predicted molar refractivity (Wildman–Crippen MR) is 54.8 cm³/mol. The fourth-order valence-corrected chi connectivity index (χ4v) is 1.16. The van der Waals surface area contributed by atoms with Crippen molar-refractivity contribution in [1.29, 1.82) is 0 Å². The molecule has 0 aliphatic carbocycles. The van der Waals surface area contributed by atoms with E-state index in [9.17, 15) is 4.79 Å². The maximum Gasteiger partial charge on any atom is 0.189 e. The second-order valence-electron chi connectivity index (χ2n) is 3.63. The SMILES string of the molecule is C[C@]1(C(=O)C=Cc2ccccc2)CO1. The second kappa shape index (κ2) is 3.39. The fourth-order valence-electron chi connectivity index (χ4n) is 1.16. The molecule has 1 heterocycles. The Labute approximate surface area is 83.2 Å². The van der Waals surface area contributed by atoms with E-state index in [1.807, 2.05) is 43.3 Å². The van der Waals surface area contributed by atoms with Crippen LogP contribution in [0.3, 0.4) is 0 Å². The number of ether oxygens (including phenoxy) is 1. The Morgan fingerprint density at radius 1 is 1.43 bits per heavy atom. The zero-order valence-corrected chi connectivity index (χ0v) is 8.07. The second-order valence-corrected chi connectivity index (χ2v) is 3.63. The number of benzene rings is 1. The summed E-state index contributed by atoms with van der Waals surface area (Å²) in [4.78, 5) is 11.5. The molecule has 1 aliphatic rings. The number of rotatable bonds is 3. The van der Waals surface area contributed by atoms with Crippen LogP contribution in [-0.4, -0.2) is 18.0 Å². The van der Waals surface area contributed by atoms with Crippen molar-refractivity contribution in [1.82, 2.24) is 0 Å². The molecule has 1 saturated heterocycles. The fraction of sp³-hybridized carbons (Fsp3) is 0.250. The van der Waals surface area contributed by atoms with Gasteiger partial charge in [0, 0.05) is 0 Å². The zero-order chi connectivity index (χ0) is 10.0. The molecule has 2 rings (SSSR count). The quantitative estimate of drug-likeness (QED) is 0.536. The zero-order valence-electron chi connectivity index (χ0n) is 8.07. The monoisotopic (exact) mass is 188 g/mol. The highest BCUT2D eigenvalue weighted by molar-refractivity contribution is 6.01. The predicted octanol–water partition coefficient (Wildman–Crippen LogP) is 2.06. The van der Waals surface area contributed by atoms with E-state index in [2.05, 4.69) is 0 Å². The minimum absolute atomic E-state index is 0.0429. The normalized spacial score (nSPS) is 25.2. The Morgan fingerprint density at radius 3 is 2.64 bits per heavy atom. The molecule has 0 spiro atoms. The first kappa shape index (κ1) is 9.16. The van der Waals surface area contributed by atoms with Crippen LogP contribution in [0.4, 0.5) is 0 Å². The van der Waals surface area contributed by atoms with Crippen LogP contribution in [0.15, 0.2) is 36.4 Å². The number of carbonyl (C=O) groups is 1. The van der Waals surface area contributed by atoms with Gasteiger partial charge in [0.2, 0.25) is 0 Å². The van der Waals surface area contributed by atoms with E-state index in [0.29, 0.717) is 6.61 Å². The molecule has 2 nitrogen and oxygen atoms in total. The van der Waals surface area contributed by atoms with E-state index in [0.717, 1.165) is 5.56 Å². The number of hydrogen-bond acceptors (Lipinski definition) is 2. The molecule has 1 fully saturated rings. The summed E-state index contributed by atoms with van der Waals surface area (Å²) in [7, 11) is 0. The molecule has 2 heteroatoms. The van der Waals surface area contributed by atoms with Gasteiger partial charge in [0.25, 0.3) is 0 Å². The Bertz CT molecular complexity index is 361. The third-order valence-corrected chi connectivity index (χ3v) is 2.33. The van der Waals surface area contributed by atoms with Crippen molar-refractivity contribution < 1.29 is 9.53 Å². The smallest absolute Gasteiger partial charge is 0.189 e. The van der Waals surface area contributed by atoms with Crippen LogP contribution in [-0.2, 0) is 9.53 Å². The molecule has 0 unspecified atom stereocenters. The summed E-state index contributed by atoms with van der Waals surface area (Å²) >= 11 is 0. The van der Waals surface area contributed by atoms with Crippen LogP contribution in [0.2, 0.25) is 0 Å². The van der Waals surface area contributed by atoms with Gasteiger partial charge in [0.05, 0.1) is 6.61 Å². The van der Waals surface area contributed by atoms with Crippen molar-refractivity contribution in [3.63, 3.8) is 0 Å². The highest BCUT2D eigenvalue weighted by atomic mass is 16.6. The van der Waals surface area contributed by atoms with Gasteiger partial charge in [-0.2, -0.15) is 0 Å². The molecule has 0 saturated carbocycles. The molecule has 1 aromatic rings. The van der Waals surface area contributed by atoms with Gasteiger partial charge in [-0.15, -0.1) is 0 Å². The van der Waals surface area contributed by atoms with Crippen molar-refractivity contribution in [3.05, 3.63) is 42.0 Å². The van der Waals surface area contributed by atoms with Crippen molar-refractivity contribution in [2.45, 2.75) is 12.5 Å². The molecule has 0 amide bonds.